The summed E-state index contributed by atoms with van der Waals surface area (Å²) in [5, 5.41) is 0.974. The molecule has 2 heteroatoms. The second kappa shape index (κ2) is 4.97. The Morgan fingerprint density at radius 3 is 2.70 bits per heavy atom. The summed E-state index contributed by atoms with van der Waals surface area (Å²) in [6, 6.07) is 15.4. The van der Waals surface area contributed by atoms with E-state index in [1.54, 1.807) is 0 Å². The van der Waals surface area contributed by atoms with Crippen molar-refractivity contribution in [2.75, 3.05) is 0 Å². The number of hydrogen-bond acceptors (Lipinski definition) is 2. The molecule has 0 unspecified atom stereocenters. The molecule has 0 aliphatic carbocycles. The normalized spacial score (nSPS) is 10.9. The monoisotopic (exact) mass is 264 g/mol. The van der Waals surface area contributed by atoms with Crippen LogP contribution in [0.15, 0.2) is 52.9 Å². The molecule has 20 heavy (non-hydrogen) atoms. The molecule has 100 valence electrons. The number of hydrogen-bond donors (Lipinski definition) is 0. The van der Waals surface area contributed by atoms with Gasteiger partial charge in [-0.3, -0.25) is 4.79 Å². The molecule has 0 aliphatic rings. The minimum atomic E-state index is -0.0451. The lowest BCUT2D eigenvalue weighted by atomic mass is 10.0. The fourth-order valence-electron chi connectivity index (χ4n) is 2.46. The lowest BCUT2D eigenvalue weighted by molar-refractivity contribution is 0.101. The van der Waals surface area contributed by atoms with Crippen LogP contribution in [0.25, 0.3) is 11.0 Å². The lowest BCUT2D eigenvalue weighted by Crippen LogP contribution is -2.03. The van der Waals surface area contributed by atoms with Crippen molar-refractivity contribution in [1.82, 2.24) is 0 Å². The summed E-state index contributed by atoms with van der Waals surface area (Å²) in [7, 11) is 0. The van der Waals surface area contributed by atoms with Gasteiger partial charge in [0.2, 0.25) is 5.78 Å². The van der Waals surface area contributed by atoms with Gasteiger partial charge in [-0.05, 0) is 37.1 Å². The van der Waals surface area contributed by atoms with Gasteiger partial charge in [-0.15, -0.1) is 0 Å². The van der Waals surface area contributed by atoms with E-state index in [1.165, 1.54) is 0 Å². The molecule has 0 saturated heterocycles. The average molecular weight is 264 g/mol. The Labute approximate surface area is 118 Å². The number of carbonyl (C=O) groups excluding carboxylic acids is 1. The molecular formula is C18H16O2. The Kier molecular flexibility index (Phi) is 3.15. The van der Waals surface area contributed by atoms with Crippen molar-refractivity contribution < 1.29 is 9.21 Å². The highest BCUT2D eigenvalue weighted by molar-refractivity contribution is 6.09. The van der Waals surface area contributed by atoms with E-state index < -0.39 is 0 Å². The molecule has 0 N–H and O–H groups in total. The summed E-state index contributed by atoms with van der Waals surface area (Å²) in [4.78, 5) is 12.6. The number of ketones is 1. The molecule has 0 bridgehead atoms. The quantitative estimate of drug-likeness (QED) is 0.650. The first-order chi connectivity index (χ1) is 9.69. The SMILES string of the molecule is CCc1ccccc1C(=O)c1cc2cc(C)ccc2o1. The largest absolute Gasteiger partial charge is 0.453 e. The Bertz CT molecular complexity index is 781. The van der Waals surface area contributed by atoms with E-state index in [0.717, 1.165) is 34.1 Å². The minimum absolute atomic E-state index is 0.0451. The molecule has 2 aromatic carbocycles. The Hall–Kier alpha value is -2.35. The molecule has 0 fully saturated rings. The molecule has 0 aliphatic heterocycles. The predicted molar refractivity (Wildman–Crippen MR) is 80.2 cm³/mol. The first-order valence-corrected chi connectivity index (χ1v) is 6.82. The molecule has 0 atom stereocenters. The number of fused-ring (bicyclic) bond motifs is 1. The summed E-state index contributed by atoms with van der Waals surface area (Å²) < 4.78 is 5.69. The Balaban J connectivity index is 2.08. The number of aryl methyl sites for hydroxylation is 2. The highest BCUT2D eigenvalue weighted by atomic mass is 16.3. The van der Waals surface area contributed by atoms with Crippen molar-refractivity contribution in [2.45, 2.75) is 20.3 Å². The number of benzene rings is 2. The molecule has 2 nitrogen and oxygen atoms in total. The summed E-state index contributed by atoms with van der Waals surface area (Å²) in [6.07, 6.45) is 0.835. The van der Waals surface area contributed by atoms with E-state index >= 15 is 0 Å². The van der Waals surface area contributed by atoms with Gasteiger partial charge in [0, 0.05) is 10.9 Å². The van der Waals surface area contributed by atoms with Gasteiger partial charge in [-0.2, -0.15) is 0 Å². The molecule has 0 spiro atoms. The highest BCUT2D eigenvalue weighted by Crippen LogP contribution is 2.23. The zero-order valence-corrected chi connectivity index (χ0v) is 11.6. The van der Waals surface area contributed by atoms with Gasteiger partial charge in [0.1, 0.15) is 5.58 Å². The van der Waals surface area contributed by atoms with Crippen LogP contribution in [-0.4, -0.2) is 5.78 Å². The molecule has 0 amide bonds. The average Bonchev–Trinajstić information content (AvgIpc) is 2.89. The van der Waals surface area contributed by atoms with Crippen molar-refractivity contribution in [1.29, 1.82) is 0 Å². The summed E-state index contributed by atoms with van der Waals surface area (Å²) in [5.41, 5.74) is 3.69. The predicted octanol–water partition coefficient (Wildman–Crippen LogP) is 4.53. The van der Waals surface area contributed by atoms with E-state index in [1.807, 2.05) is 62.4 Å². The molecule has 0 saturated carbocycles. The van der Waals surface area contributed by atoms with E-state index in [2.05, 4.69) is 0 Å². The van der Waals surface area contributed by atoms with Crippen molar-refractivity contribution in [2.24, 2.45) is 0 Å². The van der Waals surface area contributed by atoms with E-state index in [0.29, 0.717) is 5.76 Å². The van der Waals surface area contributed by atoms with Gasteiger partial charge in [0.25, 0.3) is 0 Å². The molecule has 1 aromatic heterocycles. The van der Waals surface area contributed by atoms with Crippen LogP contribution in [0.1, 0.15) is 34.2 Å². The van der Waals surface area contributed by atoms with Crippen LogP contribution in [0.4, 0.5) is 0 Å². The van der Waals surface area contributed by atoms with Gasteiger partial charge in [0.15, 0.2) is 5.76 Å². The van der Waals surface area contributed by atoms with Gasteiger partial charge in [0.05, 0.1) is 0 Å². The minimum Gasteiger partial charge on any atom is -0.453 e. The number of furan rings is 1. The van der Waals surface area contributed by atoms with Crippen LogP contribution in [0.3, 0.4) is 0 Å². The van der Waals surface area contributed by atoms with Crippen molar-refractivity contribution in [3.05, 3.63) is 71.0 Å². The maximum atomic E-state index is 12.6. The van der Waals surface area contributed by atoms with Crippen LogP contribution in [-0.2, 0) is 6.42 Å². The number of carbonyl (C=O) groups is 1. The van der Waals surface area contributed by atoms with Gasteiger partial charge < -0.3 is 4.42 Å². The Morgan fingerprint density at radius 1 is 1.10 bits per heavy atom. The second-order valence-electron chi connectivity index (χ2n) is 4.99. The third-order valence-electron chi connectivity index (χ3n) is 3.54. The standard InChI is InChI=1S/C18H16O2/c1-3-13-6-4-5-7-15(13)18(19)17-11-14-10-12(2)8-9-16(14)20-17/h4-11H,3H2,1-2H3. The first-order valence-electron chi connectivity index (χ1n) is 6.82. The van der Waals surface area contributed by atoms with Crippen LogP contribution in [0.2, 0.25) is 0 Å². The number of rotatable bonds is 3. The van der Waals surface area contributed by atoms with Crippen LogP contribution >= 0.6 is 0 Å². The third-order valence-corrected chi connectivity index (χ3v) is 3.54. The first kappa shape index (κ1) is 12.7. The van der Waals surface area contributed by atoms with Gasteiger partial charge >= 0.3 is 0 Å². The fraction of sp³-hybridized carbons (Fsp3) is 0.167. The fourth-order valence-corrected chi connectivity index (χ4v) is 2.46. The maximum Gasteiger partial charge on any atom is 0.228 e. The van der Waals surface area contributed by atoms with E-state index in [9.17, 15) is 4.79 Å². The molecule has 3 aromatic rings. The molecular weight excluding hydrogens is 248 g/mol. The van der Waals surface area contributed by atoms with Crippen molar-refractivity contribution in [3.8, 4) is 0 Å². The van der Waals surface area contributed by atoms with Crippen LogP contribution in [0, 0.1) is 6.92 Å². The highest BCUT2D eigenvalue weighted by Gasteiger charge is 2.16. The van der Waals surface area contributed by atoms with Crippen LogP contribution < -0.4 is 0 Å². The second-order valence-corrected chi connectivity index (χ2v) is 4.99. The zero-order valence-electron chi connectivity index (χ0n) is 11.6. The van der Waals surface area contributed by atoms with E-state index in [4.69, 9.17) is 4.42 Å². The topological polar surface area (TPSA) is 30.2 Å². The molecule has 3 rings (SSSR count). The molecule has 1 heterocycles. The molecule has 0 radical (unpaired) electrons. The third kappa shape index (κ3) is 2.14. The smallest absolute Gasteiger partial charge is 0.228 e. The van der Waals surface area contributed by atoms with Crippen molar-refractivity contribution >= 4 is 16.8 Å². The van der Waals surface area contributed by atoms with Gasteiger partial charge in [-0.25, -0.2) is 0 Å². The zero-order chi connectivity index (χ0) is 14.1. The van der Waals surface area contributed by atoms with E-state index in [-0.39, 0.29) is 5.78 Å². The lowest BCUT2D eigenvalue weighted by Gasteiger charge is -2.04. The van der Waals surface area contributed by atoms with Crippen molar-refractivity contribution in [3.63, 3.8) is 0 Å². The van der Waals surface area contributed by atoms with Crippen LogP contribution in [0.5, 0.6) is 0 Å². The maximum absolute atomic E-state index is 12.6. The van der Waals surface area contributed by atoms with Gasteiger partial charge in [-0.1, -0.05) is 42.8 Å². The Morgan fingerprint density at radius 2 is 1.90 bits per heavy atom. The summed E-state index contributed by atoms with van der Waals surface area (Å²) >= 11 is 0. The summed E-state index contributed by atoms with van der Waals surface area (Å²) in [6.45, 7) is 4.08. The summed E-state index contributed by atoms with van der Waals surface area (Å²) in [5.74, 6) is 0.364.